The summed E-state index contributed by atoms with van der Waals surface area (Å²) in [5.74, 6) is 0. The van der Waals surface area contributed by atoms with Crippen molar-refractivity contribution in [3.8, 4) is 0 Å². The van der Waals surface area contributed by atoms with Gasteiger partial charge in [0.25, 0.3) is 0 Å². The fraction of sp³-hybridized carbons (Fsp3) is 0.438. The van der Waals surface area contributed by atoms with E-state index >= 15 is 0 Å². The van der Waals surface area contributed by atoms with E-state index in [4.69, 9.17) is 5.73 Å². The first-order valence-electron chi connectivity index (χ1n) is 7.22. The Morgan fingerprint density at radius 1 is 1.43 bits per heavy atom. The minimum Gasteiger partial charge on any atom is -0.329 e. The van der Waals surface area contributed by atoms with E-state index in [1.165, 1.54) is 11.1 Å². The molecule has 0 aliphatic carbocycles. The molecule has 21 heavy (non-hydrogen) atoms. The summed E-state index contributed by atoms with van der Waals surface area (Å²) in [6.07, 6.45) is 3.02. The molecule has 2 N–H and O–H groups in total. The van der Waals surface area contributed by atoms with Gasteiger partial charge < -0.3 is 5.73 Å². The first kappa shape index (κ1) is 16.2. The molecule has 0 bridgehead atoms. The monoisotopic (exact) mass is 350 g/mol. The molecule has 5 heteroatoms. The molecule has 1 aromatic heterocycles. The molecule has 0 spiro atoms. The van der Waals surface area contributed by atoms with Crippen LogP contribution in [0.3, 0.4) is 0 Å². The number of benzene rings is 1. The molecular formula is C16H23BrN4. The van der Waals surface area contributed by atoms with E-state index in [0.29, 0.717) is 6.54 Å². The molecule has 0 saturated heterocycles. The van der Waals surface area contributed by atoms with Crippen molar-refractivity contribution in [3.63, 3.8) is 0 Å². The Labute approximate surface area is 135 Å². The van der Waals surface area contributed by atoms with Crippen LogP contribution < -0.4 is 5.73 Å². The molecule has 1 unspecified atom stereocenters. The summed E-state index contributed by atoms with van der Waals surface area (Å²) >= 11 is 3.52. The lowest BCUT2D eigenvalue weighted by atomic mass is 10.0. The second-order valence-electron chi connectivity index (χ2n) is 5.35. The number of nitrogens with zero attached hydrogens (tertiary/aromatic N) is 3. The summed E-state index contributed by atoms with van der Waals surface area (Å²) in [5, 5.41) is 4.53. The SMILES string of the molecule is CCc1nn(C)cc1C(CN)N(C)Cc1cccc(Br)c1. The quantitative estimate of drug-likeness (QED) is 0.871. The van der Waals surface area contributed by atoms with Crippen molar-refractivity contribution < 1.29 is 0 Å². The van der Waals surface area contributed by atoms with Crippen LogP contribution in [0, 0.1) is 0 Å². The van der Waals surface area contributed by atoms with E-state index in [-0.39, 0.29) is 6.04 Å². The van der Waals surface area contributed by atoms with Crippen LogP contribution in [-0.2, 0) is 20.0 Å². The molecule has 0 radical (unpaired) electrons. The maximum atomic E-state index is 6.03. The van der Waals surface area contributed by atoms with Crippen LogP contribution in [0.25, 0.3) is 0 Å². The van der Waals surface area contributed by atoms with Crippen molar-refractivity contribution in [2.24, 2.45) is 12.8 Å². The summed E-state index contributed by atoms with van der Waals surface area (Å²) in [5.41, 5.74) is 9.67. The van der Waals surface area contributed by atoms with Gasteiger partial charge in [0.05, 0.1) is 11.7 Å². The number of halogens is 1. The third-order valence-electron chi connectivity index (χ3n) is 3.71. The van der Waals surface area contributed by atoms with Crippen molar-refractivity contribution in [2.75, 3.05) is 13.6 Å². The minimum absolute atomic E-state index is 0.188. The topological polar surface area (TPSA) is 47.1 Å². The van der Waals surface area contributed by atoms with E-state index in [0.717, 1.165) is 23.1 Å². The molecule has 1 heterocycles. The van der Waals surface area contributed by atoms with E-state index in [1.54, 1.807) is 0 Å². The molecule has 1 atom stereocenters. The standard InChI is InChI=1S/C16H23BrN4/c1-4-15-14(11-21(3)19-15)16(9-18)20(2)10-12-6-5-7-13(17)8-12/h5-8,11,16H,4,9-10,18H2,1-3H3. The lowest BCUT2D eigenvalue weighted by Gasteiger charge is -2.27. The average Bonchev–Trinajstić information content (AvgIpc) is 2.80. The fourth-order valence-electron chi connectivity index (χ4n) is 2.68. The number of likely N-dealkylation sites (N-methyl/N-ethyl adjacent to an activating group) is 1. The Balaban J connectivity index is 2.20. The summed E-state index contributed by atoms with van der Waals surface area (Å²) in [6, 6.07) is 8.58. The number of rotatable bonds is 6. The van der Waals surface area contributed by atoms with Crippen molar-refractivity contribution in [3.05, 3.63) is 51.8 Å². The van der Waals surface area contributed by atoms with E-state index in [9.17, 15) is 0 Å². The first-order chi connectivity index (χ1) is 10.0. The summed E-state index contributed by atoms with van der Waals surface area (Å²) in [7, 11) is 4.08. The number of hydrogen-bond acceptors (Lipinski definition) is 3. The zero-order valence-electron chi connectivity index (χ0n) is 12.9. The molecule has 0 fully saturated rings. The number of nitrogens with two attached hydrogens (primary N) is 1. The summed E-state index contributed by atoms with van der Waals surface area (Å²) < 4.78 is 2.98. The Morgan fingerprint density at radius 2 is 2.19 bits per heavy atom. The van der Waals surface area contributed by atoms with E-state index < -0.39 is 0 Å². The van der Waals surface area contributed by atoms with Gasteiger partial charge in [-0.1, -0.05) is 35.0 Å². The molecule has 0 aliphatic heterocycles. The zero-order chi connectivity index (χ0) is 15.4. The molecular weight excluding hydrogens is 328 g/mol. The van der Waals surface area contributed by atoms with Gasteiger partial charge in [-0.2, -0.15) is 5.10 Å². The van der Waals surface area contributed by atoms with Crippen LogP contribution in [-0.4, -0.2) is 28.3 Å². The Hall–Kier alpha value is -1.17. The van der Waals surface area contributed by atoms with Gasteiger partial charge in [-0.25, -0.2) is 0 Å². The van der Waals surface area contributed by atoms with Gasteiger partial charge in [-0.15, -0.1) is 0 Å². The van der Waals surface area contributed by atoms with E-state index in [1.807, 2.05) is 17.8 Å². The molecule has 0 amide bonds. The Kier molecular flexibility index (Phi) is 5.56. The predicted octanol–water partition coefficient (Wildman–Crippen LogP) is 2.88. The van der Waals surface area contributed by atoms with Gasteiger partial charge in [-0.3, -0.25) is 9.58 Å². The highest BCUT2D eigenvalue weighted by Gasteiger charge is 2.20. The number of hydrogen-bond donors (Lipinski definition) is 1. The van der Waals surface area contributed by atoms with Crippen LogP contribution in [0.4, 0.5) is 0 Å². The van der Waals surface area contributed by atoms with E-state index in [2.05, 4.69) is 64.3 Å². The average molecular weight is 351 g/mol. The highest BCUT2D eigenvalue weighted by atomic mass is 79.9. The largest absolute Gasteiger partial charge is 0.329 e. The van der Waals surface area contributed by atoms with Crippen LogP contribution >= 0.6 is 15.9 Å². The Bertz CT molecular complexity index is 594. The smallest absolute Gasteiger partial charge is 0.0670 e. The lowest BCUT2D eigenvalue weighted by molar-refractivity contribution is 0.240. The normalized spacial score (nSPS) is 12.9. The fourth-order valence-corrected chi connectivity index (χ4v) is 3.13. The van der Waals surface area contributed by atoms with Crippen LogP contribution in [0.1, 0.15) is 29.8 Å². The summed E-state index contributed by atoms with van der Waals surface area (Å²) in [6.45, 7) is 3.58. The minimum atomic E-state index is 0.188. The highest BCUT2D eigenvalue weighted by Crippen LogP contribution is 2.24. The third-order valence-corrected chi connectivity index (χ3v) is 4.20. The second-order valence-corrected chi connectivity index (χ2v) is 6.27. The zero-order valence-corrected chi connectivity index (χ0v) is 14.5. The molecule has 2 rings (SSSR count). The number of aryl methyl sites for hydroxylation is 2. The molecule has 1 aromatic carbocycles. The van der Waals surface area contributed by atoms with Gasteiger partial charge in [-0.05, 0) is 31.2 Å². The maximum Gasteiger partial charge on any atom is 0.0670 e. The van der Waals surface area contributed by atoms with Gasteiger partial charge in [0, 0.05) is 36.4 Å². The highest BCUT2D eigenvalue weighted by molar-refractivity contribution is 9.10. The van der Waals surface area contributed by atoms with Crippen LogP contribution in [0.2, 0.25) is 0 Å². The maximum absolute atomic E-state index is 6.03. The molecule has 0 aliphatic rings. The van der Waals surface area contributed by atoms with Crippen LogP contribution in [0.15, 0.2) is 34.9 Å². The van der Waals surface area contributed by atoms with Crippen molar-refractivity contribution in [1.29, 1.82) is 0 Å². The molecule has 114 valence electrons. The predicted molar refractivity (Wildman–Crippen MR) is 90.0 cm³/mol. The summed E-state index contributed by atoms with van der Waals surface area (Å²) in [4.78, 5) is 2.29. The molecule has 4 nitrogen and oxygen atoms in total. The van der Waals surface area contributed by atoms with Gasteiger partial charge in [0.15, 0.2) is 0 Å². The van der Waals surface area contributed by atoms with Gasteiger partial charge in [0.2, 0.25) is 0 Å². The van der Waals surface area contributed by atoms with Gasteiger partial charge in [0.1, 0.15) is 0 Å². The molecule has 2 aromatic rings. The van der Waals surface area contributed by atoms with Crippen molar-refractivity contribution in [1.82, 2.24) is 14.7 Å². The Morgan fingerprint density at radius 3 is 2.81 bits per heavy atom. The van der Waals surface area contributed by atoms with Crippen LogP contribution in [0.5, 0.6) is 0 Å². The molecule has 0 saturated carbocycles. The van der Waals surface area contributed by atoms with Crippen molar-refractivity contribution in [2.45, 2.75) is 25.9 Å². The first-order valence-corrected chi connectivity index (χ1v) is 8.01. The third kappa shape index (κ3) is 3.93. The van der Waals surface area contributed by atoms with Crippen molar-refractivity contribution >= 4 is 15.9 Å². The lowest BCUT2D eigenvalue weighted by Crippen LogP contribution is -2.30. The van der Waals surface area contributed by atoms with Gasteiger partial charge >= 0.3 is 0 Å². The number of aromatic nitrogens is 2. The second kappa shape index (κ2) is 7.20.